The molecule has 5 rings (SSSR count). The van der Waals surface area contributed by atoms with Crippen molar-refractivity contribution in [2.75, 3.05) is 20.2 Å². The Morgan fingerprint density at radius 1 is 1.15 bits per heavy atom. The summed E-state index contributed by atoms with van der Waals surface area (Å²) in [7, 11) is 1.59. The van der Waals surface area contributed by atoms with E-state index in [2.05, 4.69) is 23.8 Å². The van der Waals surface area contributed by atoms with Crippen molar-refractivity contribution in [3.63, 3.8) is 0 Å². The lowest BCUT2D eigenvalue weighted by molar-refractivity contribution is -0.00930. The molecule has 1 saturated heterocycles. The van der Waals surface area contributed by atoms with Gasteiger partial charge in [0.1, 0.15) is 5.75 Å². The summed E-state index contributed by atoms with van der Waals surface area (Å²) in [6.07, 6.45) is 4.41. The molecular weight excluding hydrogens is 452 g/mol. The smallest absolute Gasteiger partial charge is 0.253 e. The molecule has 0 N–H and O–H groups in total. The van der Waals surface area contributed by atoms with Gasteiger partial charge in [-0.25, -0.2) is 0 Å². The van der Waals surface area contributed by atoms with E-state index in [0.29, 0.717) is 48.0 Å². The Morgan fingerprint density at radius 3 is 2.68 bits per heavy atom. The molecule has 34 heavy (non-hydrogen) atoms. The largest absolute Gasteiger partial charge is 0.493 e. The zero-order chi connectivity index (χ0) is 23.9. The molecule has 2 aliphatic rings. The molecule has 0 saturated carbocycles. The molecule has 2 aliphatic heterocycles. The van der Waals surface area contributed by atoms with Crippen LogP contribution in [0.2, 0.25) is 5.02 Å². The summed E-state index contributed by atoms with van der Waals surface area (Å²) in [5.74, 6) is 1.98. The number of nitrogens with zero attached hydrogens (tertiary/aromatic N) is 2. The first-order valence-electron chi connectivity index (χ1n) is 11.7. The number of piperidine rings is 1. The van der Waals surface area contributed by atoms with Gasteiger partial charge in [0.2, 0.25) is 0 Å². The number of benzene rings is 2. The van der Waals surface area contributed by atoms with Gasteiger partial charge in [0.15, 0.2) is 17.1 Å². The van der Waals surface area contributed by atoms with Crippen LogP contribution in [0.5, 0.6) is 17.2 Å². The highest BCUT2D eigenvalue weighted by Crippen LogP contribution is 2.46. The first-order valence-corrected chi connectivity index (χ1v) is 12.1. The lowest BCUT2D eigenvalue weighted by Crippen LogP contribution is -2.50. The highest BCUT2D eigenvalue weighted by atomic mass is 35.5. The van der Waals surface area contributed by atoms with Crippen LogP contribution in [-0.4, -0.2) is 41.7 Å². The fourth-order valence-corrected chi connectivity index (χ4v) is 4.97. The number of halogens is 1. The van der Waals surface area contributed by atoms with Crippen LogP contribution in [0.15, 0.2) is 54.7 Å². The van der Waals surface area contributed by atoms with Gasteiger partial charge in [0.05, 0.1) is 24.6 Å². The molecule has 3 aromatic rings. The summed E-state index contributed by atoms with van der Waals surface area (Å²) in [6, 6.07) is 15.3. The molecule has 7 heteroatoms. The summed E-state index contributed by atoms with van der Waals surface area (Å²) in [4.78, 5) is 15.2. The number of amides is 1. The topological polar surface area (TPSA) is 52.9 Å². The van der Waals surface area contributed by atoms with Crippen LogP contribution in [0.25, 0.3) is 5.69 Å². The van der Waals surface area contributed by atoms with E-state index in [4.69, 9.17) is 25.8 Å². The Kier molecular flexibility index (Phi) is 5.94. The molecule has 3 heterocycles. The van der Waals surface area contributed by atoms with E-state index >= 15 is 0 Å². The standard InChI is InChI=1S/C27H29ClN2O4/c1-4-18(2)33-22-10-7-19(16-24(22)32-3)26(31)29-14-11-27(12-15-29)25-6-5-13-30(25)21-9-8-20(28)17-23(21)34-27/h5-10,13,16-18H,4,11-12,14-15H2,1-3H3/t18-/m0/s1. The van der Waals surface area contributed by atoms with Gasteiger partial charge in [-0.15, -0.1) is 0 Å². The minimum atomic E-state index is -0.482. The molecule has 1 amide bonds. The predicted octanol–water partition coefficient (Wildman–Crippen LogP) is 5.84. The quantitative estimate of drug-likeness (QED) is 0.460. The zero-order valence-corrected chi connectivity index (χ0v) is 20.5. The second kappa shape index (κ2) is 8.91. The fraction of sp³-hybridized carbons (Fsp3) is 0.370. The Balaban J connectivity index is 1.34. The van der Waals surface area contributed by atoms with Crippen molar-refractivity contribution < 1.29 is 19.0 Å². The van der Waals surface area contributed by atoms with Gasteiger partial charge < -0.3 is 23.7 Å². The first-order chi connectivity index (χ1) is 16.4. The van der Waals surface area contributed by atoms with Crippen LogP contribution in [0.4, 0.5) is 0 Å². The molecule has 6 nitrogen and oxygen atoms in total. The highest BCUT2D eigenvalue weighted by molar-refractivity contribution is 6.30. The molecule has 2 aromatic carbocycles. The minimum Gasteiger partial charge on any atom is -0.493 e. The second-order valence-electron chi connectivity index (χ2n) is 8.97. The number of hydrogen-bond donors (Lipinski definition) is 0. The number of methoxy groups -OCH3 is 1. The van der Waals surface area contributed by atoms with Gasteiger partial charge in [-0.05, 0) is 55.8 Å². The summed E-state index contributed by atoms with van der Waals surface area (Å²) < 4.78 is 20.2. The van der Waals surface area contributed by atoms with Crippen molar-refractivity contribution in [3.05, 3.63) is 71.0 Å². The maximum Gasteiger partial charge on any atom is 0.253 e. The van der Waals surface area contributed by atoms with Crippen molar-refractivity contribution in [3.8, 4) is 22.9 Å². The number of carbonyl (C=O) groups is 1. The van der Waals surface area contributed by atoms with Crippen LogP contribution >= 0.6 is 11.6 Å². The number of aromatic nitrogens is 1. The van der Waals surface area contributed by atoms with Crippen LogP contribution in [0, 0.1) is 0 Å². The van der Waals surface area contributed by atoms with E-state index in [1.807, 2.05) is 48.2 Å². The molecule has 0 unspecified atom stereocenters. The third-order valence-electron chi connectivity index (χ3n) is 6.87. The summed E-state index contributed by atoms with van der Waals surface area (Å²) in [5, 5.41) is 0.645. The molecule has 178 valence electrons. The average molecular weight is 481 g/mol. The first kappa shape index (κ1) is 22.7. The SMILES string of the molecule is CC[C@H](C)Oc1ccc(C(=O)N2CCC3(CC2)Oc2cc(Cl)ccc2-n2cccc23)cc1OC. The highest BCUT2D eigenvalue weighted by Gasteiger charge is 2.44. The van der Waals surface area contributed by atoms with Crippen molar-refractivity contribution in [2.24, 2.45) is 0 Å². The van der Waals surface area contributed by atoms with Crippen molar-refractivity contribution in [1.82, 2.24) is 9.47 Å². The van der Waals surface area contributed by atoms with E-state index in [1.54, 1.807) is 13.2 Å². The van der Waals surface area contributed by atoms with Crippen molar-refractivity contribution in [1.29, 1.82) is 0 Å². The Morgan fingerprint density at radius 2 is 1.94 bits per heavy atom. The van der Waals surface area contributed by atoms with E-state index in [1.165, 1.54) is 0 Å². The van der Waals surface area contributed by atoms with E-state index < -0.39 is 5.60 Å². The van der Waals surface area contributed by atoms with E-state index in [-0.39, 0.29) is 12.0 Å². The van der Waals surface area contributed by atoms with Gasteiger partial charge in [0, 0.05) is 48.8 Å². The molecule has 1 spiro atoms. The number of ether oxygens (including phenoxy) is 3. The van der Waals surface area contributed by atoms with E-state index in [0.717, 1.165) is 23.6 Å². The molecule has 1 aromatic heterocycles. The fourth-order valence-electron chi connectivity index (χ4n) is 4.80. The van der Waals surface area contributed by atoms with Crippen molar-refractivity contribution >= 4 is 17.5 Å². The minimum absolute atomic E-state index is 0.0159. The molecule has 0 aliphatic carbocycles. The average Bonchev–Trinajstić information content (AvgIpc) is 3.35. The number of hydrogen-bond acceptors (Lipinski definition) is 4. The molecule has 0 radical (unpaired) electrons. The monoisotopic (exact) mass is 480 g/mol. The zero-order valence-electron chi connectivity index (χ0n) is 19.7. The second-order valence-corrected chi connectivity index (χ2v) is 9.40. The maximum absolute atomic E-state index is 13.3. The van der Waals surface area contributed by atoms with Gasteiger partial charge in [-0.3, -0.25) is 4.79 Å². The van der Waals surface area contributed by atoms with Crippen LogP contribution in [-0.2, 0) is 5.60 Å². The Bertz CT molecular complexity index is 1210. The molecule has 0 bridgehead atoms. The van der Waals surface area contributed by atoms with Gasteiger partial charge in [-0.1, -0.05) is 18.5 Å². The van der Waals surface area contributed by atoms with Gasteiger partial charge in [-0.2, -0.15) is 0 Å². The lowest BCUT2D eigenvalue weighted by Gasteiger charge is -2.45. The summed E-state index contributed by atoms with van der Waals surface area (Å²) in [6.45, 7) is 5.26. The van der Waals surface area contributed by atoms with Crippen LogP contribution in [0.1, 0.15) is 49.2 Å². The van der Waals surface area contributed by atoms with Gasteiger partial charge in [0.25, 0.3) is 5.91 Å². The summed E-state index contributed by atoms with van der Waals surface area (Å²) in [5.41, 5.74) is 2.21. The normalized spacial score (nSPS) is 16.9. The number of fused-ring (bicyclic) bond motifs is 4. The molecule has 1 fully saturated rings. The predicted molar refractivity (Wildman–Crippen MR) is 132 cm³/mol. The third kappa shape index (κ3) is 3.90. The Hall–Kier alpha value is -3.12. The van der Waals surface area contributed by atoms with Crippen molar-refractivity contribution in [2.45, 2.75) is 44.8 Å². The van der Waals surface area contributed by atoms with Crippen LogP contribution in [0.3, 0.4) is 0 Å². The number of rotatable bonds is 5. The third-order valence-corrected chi connectivity index (χ3v) is 7.11. The number of carbonyl (C=O) groups excluding carboxylic acids is 1. The maximum atomic E-state index is 13.3. The van der Waals surface area contributed by atoms with Crippen LogP contribution < -0.4 is 14.2 Å². The summed E-state index contributed by atoms with van der Waals surface area (Å²) >= 11 is 6.25. The molecule has 1 atom stereocenters. The lowest BCUT2D eigenvalue weighted by atomic mass is 9.86. The number of likely N-dealkylation sites (tertiary alicyclic amines) is 1. The molecular formula is C27H29ClN2O4. The Labute approximate surface area is 205 Å². The van der Waals surface area contributed by atoms with Gasteiger partial charge >= 0.3 is 0 Å². The van der Waals surface area contributed by atoms with E-state index in [9.17, 15) is 4.79 Å².